The molecule has 0 radical (unpaired) electrons. The van der Waals surface area contributed by atoms with Crippen molar-refractivity contribution in [3.05, 3.63) is 324 Å². The molecule has 21 rings (SSSR count). The number of hydrogen-bond donors (Lipinski definition) is 0. The van der Waals surface area contributed by atoms with Gasteiger partial charge < -0.3 is 28.7 Å². The van der Waals surface area contributed by atoms with Crippen molar-refractivity contribution in [1.82, 2.24) is 0 Å². The minimum Gasteiger partial charge on any atom is -0.458 e. The highest BCUT2D eigenvalue weighted by molar-refractivity contribution is 7.00. The summed E-state index contributed by atoms with van der Waals surface area (Å²) >= 11 is 0. The Hall–Kier alpha value is -11.2. The lowest BCUT2D eigenvalue weighted by Gasteiger charge is -2.45. The van der Waals surface area contributed by atoms with Crippen molar-refractivity contribution in [2.24, 2.45) is 0 Å². The summed E-state index contributed by atoms with van der Waals surface area (Å²) in [6.07, 6.45) is 0. The van der Waals surface area contributed by atoms with Crippen LogP contribution in [0.3, 0.4) is 0 Å². The van der Waals surface area contributed by atoms with Crippen molar-refractivity contribution in [3.8, 4) is 68.2 Å². The van der Waals surface area contributed by atoms with E-state index in [1.165, 1.54) is 66.8 Å². The Bertz CT molecular complexity index is 4810. The molecule has 8 heteroatoms. The van der Waals surface area contributed by atoms with Gasteiger partial charge >= 0.3 is 0 Å². The highest BCUT2D eigenvalue weighted by Crippen LogP contribution is 2.66. The van der Waals surface area contributed by atoms with Gasteiger partial charge in [-0.25, -0.2) is 0 Å². The molecule has 6 aliphatic heterocycles. The van der Waals surface area contributed by atoms with Crippen LogP contribution in [0, 0.1) is 0 Å². The zero-order valence-electron chi connectivity index (χ0n) is 47.2. The number of anilines is 6. The second-order valence-corrected chi connectivity index (χ2v) is 24.4. The standard InChI is InChI=1S/C80H46B2N2O4/c1-5-25-53-49(21-1)50-22-2-6-26-54(50)79(53)57-29-9-15-35-65(57)83(66-36-16-10-30-58(66)79)47-41-73-77-75(43-47)87-71-45-64-72(46-63(71)81(77)61-33-13-19-39-69(61)85-73)88-76-44-48(42-74-78(76)82(64)62-34-14-20-40-70(62)86-74)84-67-37-17-11-31-59(67)80(60-32-12-18-38-68(60)84)55-27-7-3-23-51(55)52-24-4-8-28-56(52)80/h1-46H. The first kappa shape index (κ1) is 47.1. The molecule has 0 amide bonds. The molecule has 13 aromatic carbocycles. The molecule has 13 aromatic rings. The van der Waals surface area contributed by atoms with Gasteiger partial charge in [0.15, 0.2) is 0 Å². The topological polar surface area (TPSA) is 43.4 Å². The van der Waals surface area contributed by atoms with Crippen molar-refractivity contribution in [2.75, 3.05) is 9.80 Å². The van der Waals surface area contributed by atoms with Crippen LogP contribution in [0.4, 0.5) is 34.1 Å². The zero-order chi connectivity index (χ0) is 57.1. The number of hydrogen-bond acceptors (Lipinski definition) is 6. The SMILES string of the molecule is c1ccc2c(c1)Oc1cc(N3c4ccccc4C4(c5ccccc5-c5ccccc54)c4ccccc43)cc3c1B2c1cc2c(cc1O3)B1c3ccccc3Oc3cc(N4c5ccccc5C5(c6ccccc6-c6ccccc65)c5ccccc54)cc(c31)O2. The molecule has 0 N–H and O–H groups in total. The Kier molecular flexibility index (Phi) is 9.00. The summed E-state index contributed by atoms with van der Waals surface area (Å²) in [7, 11) is 0. The molecule has 6 nitrogen and oxygen atoms in total. The van der Waals surface area contributed by atoms with E-state index in [0.29, 0.717) is 0 Å². The van der Waals surface area contributed by atoms with E-state index < -0.39 is 10.8 Å². The number of para-hydroxylation sites is 6. The van der Waals surface area contributed by atoms with Crippen molar-refractivity contribution in [2.45, 2.75) is 10.8 Å². The third-order valence-electron chi connectivity index (χ3n) is 20.5. The van der Waals surface area contributed by atoms with Crippen LogP contribution in [0.5, 0.6) is 46.0 Å². The molecule has 0 atom stereocenters. The minimum atomic E-state index is -0.538. The Morgan fingerprint density at radius 2 is 0.489 bits per heavy atom. The van der Waals surface area contributed by atoms with Crippen LogP contribution in [0.1, 0.15) is 44.5 Å². The highest BCUT2D eigenvalue weighted by Gasteiger charge is 2.54. The number of nitrogens with zero attached hydrogens (tertiary/aromatic N) is 2. The fourth-order valence-electron chi connectivity index (χ4n) is 17.3. The molecule has 0 saturated carbocycles. The summed E-state index contributed by atoms with van der Waals surface area (Å²) in [6.45, 7) is -0.441. The first-order valence-electron chi connectivity index (χ1n) is 30.4. The molecular weight excluding hydrogens is 1070 g/mol. The molecule has 88 heavy (non-hydrogen) atoms. The monoisotopic (exact) mass is 1120 g/mol. The molecule has 0 aromatic heterocycles. The van der Waals surface area contributed by atoms with Gasteiger partial charge in [0.05, 0.1) is 45.0 Å². The minimum absolute atomic E-state index is 0.220. The maximum atomic E-state index is 7.46. The summed E-state index contributed by atoms with van der Waals surface area (Å²) in [4.78, 5) is 4.85. The van der Waals surface area contributed by atoms with Crippen LogP contribution >= 0.6 is 0 Å². The van der Waals surface area contributed by atoms with E-state index in [9.17, 15) is 0 Å². The smallest absolute Gasteiger partial charge is 0.260 e. The van der Waals surface area contributed by atoms with Gasteiger partial charge in [0.2, 0.25) is 0 Å². The number of benzene rings is 13. The van der Waals surface area contributed by atoms with Crippen LogP contribution in [0.25, 0.3) is 22.3 Å². The lowest BCUT2D eigenvalue weighted by Crippen LogP contribution is -2.60. The quantitative estimate of drug-likeness (QED) is 0.161. The largest absolute Gasteiger partial charge is 0.458 e. The van der Waals surface area contributed by atoms with E-state index in [-0.39, 0.29) is 13.4 Å². The first-order chi connectivity index (χ1) is 43.6. The van der Waals surface area contributed by atoms with Gasteiger partial charge in [-0.15, -0.1) is 0 Å². The van der Waals surface area contributed by atoms with Gasteiger partial charge in [0.25, 0.3) is 13.4 Å². The lowest BCUT2D eigenvalue weighted by molar-refractivity contribution is 0.457. The summed E-state index contributed by atoms with van der Waals surface area (Å²) in [5.74, 6) is 6.25. The maximum Gasteiger partial charge on any atom is 0.260 e. The van der Waals surface area contributed by atoms with Crippen molar-refractivity contribution in [3.63, 3.8) is 0 Å². The number of rotatable bonds is 2. The van der Waals surface area contributed by atoms with Crippen LogP contribution in [0.2, 0.25) is 0 Å². The molecule has 0 fully saturated rings. The van der Waals surface area contributed by atoms with Crippen LogP contribution in [-0.2, 0) is 10.8 Å². The highest BCUT2D eigenvalue weighted by atomic mass is 16.5. The van der Waals surface area contributed by atoms with Gasteiger partial charge in [0, 0.05) is 35.2 Å². The predicted molar refractivity (Wildman–Crippen MR) is 353 cm³/mol. The van der Waals surface area contributed by atoms with Crippen molar-refractivity contribution >= 4 is 80.3 Å². The Morgan fingerprint density at radius 3 is 0.818 bits per heavy atom. The Morgan fingerprint density at radius 1 is 0.227 bits per heavy atom. The molecule has 2 spiro atoms. The van der Waals surface area contributed by atoms with E-state index in [0.717, 1.165) is 113 Å². The van der Waals surface area contributed by atoms with Crippen molar-refractivity contribution < 1.29 is 18.9 Å². The molecule has 0 unspecified atom stereocenters. The van der Waals surface area contributed by atoms with Crippen LogP contribution in [-0.4, -0.2) is 13.4 Å². The third kappa shape index (κ3) is 5.72. The van der Waals surface area contributed by atoms with Gasteiger partial charge in [-0.05, 0) is 137 Å². The number of fused-ring (bicyclic) bond motifs is 26. The second-order valence-electron chi connectivity index (χ2n) is 24.4. The number of ether oxygens (including phenoxy) is 4. The average molecular weight is 1120 g/mol. The summed E-state index contributed by atoms with van der Waals surface area (Å²) in [5, 5.41) is 0. The Balaban J connectivity index is 0.732. The summed E-state index contributed by atoms with van der Waals surface area (Å²) in [6, 6.07) is 102. The van der Waals surface area contributed by atoms with E-state index in [1.807, 2.05) is 0 Å². The molecule has 8 aliphatic rings. The maximum absolute atomic E-state index is 7.46. The predicted octanol–water partition coefficient (Wildman–Crippen LogP) is 15.4. The molecule has 2 aliphatic carbocycles. The molecule has 0 saturated heterocycles. The molecule has 0 bridgehead atoms. The molecular formula is C80H46B2N2O4. The Labute approximate surface area is 508 Å². The molecule has 6 heterocycles. The lowest BCUT2D eigenvalue weighted by atomic mass is 9.32. The summed E-state index contributed by atoms with van der Waals surface area (Å²) in [5.41, 5.74) is 26.6. The van der Waals surface area contributed by atoms with E-state index in [2.05, 4.69) is 289 Å². The average Bonchev–Trinajstić information content (AvgIpc) is 1.43. The van der Waals surface area contributed by atoms with E-state index in [4.69, 9.17) is 18.9 Å². The van der Waals surface area contributed by atoms with Crippen LogP contribution in [0.15, 0.2) is 279 Å². The van der Waals surface area contributed by atoms with Gasteiger partial charge in [-0.3, -0.25) is 0 Å². The van der Waals surface area contributed by atoms with E-state index in [1.54, 1.807) is 0 Å². The van der Waals surface area contributed by atoms with Gasteiger partial charge in [-0.2, -0.15) is 0 Å². The fraction of sp³-hybridized carbons (Fsp3) is 0.0250. The van der Waals surface area contributed by atoms with Crippen LogP contribution < -0.4 is 61.5 Å². The fourth-order valence-corrected chi connectivity index (χ4v) is 17.3. The van der Waals surface area contributed by atoms with Gasteiger partial charge in [-0.1, -0.05) is 206 Å². The third-order valence-corrected chi connectivity index (χ3v) is 20.5. The summed E-state index contributed by atoms with van der Waals surface area (Å²) < 4.78 is 29.2. The van der Waals surface area contributed by atoms with Crippen molar-refractivity contribution in [1.29, 1.82) is 0 Å². The zero-order valence-corrected chi connectivity index (χ0v) is 47.2. The van der Waals surface area contributed by atoms with Gasteiger partial charge in [0.1, 0.15) is 46.0 Å². The molecule has 406 valence electrons. The normalized spacial score (nSPS) is 15.3. The second kappa shape index (κ2) is 16.8. The first-order valence-corrected chi connectivity index (χ1v) is 30.4. The van der Waals surface area contributed by atoms with E-state index >= 15 is 0 Å².